The normalized spacial score (nSPS) is 30.4. The maximum Gasteiger partial charge on any atom is 0.237 e. The highest BCUT2D eigenvalue weighted by molar-refractivity contribution is 7.88. The van der Waals surface area contributed by atoms with Crippen molar-refractivity contribution in [2.24, 2.45) is 5.92 Å². The first-order valence-corrected chi connectivity index (χ1v) is 8.71. The number of hydrogen-bond donors (Lipinski definition) is 2. The van der Waals surface area contributed by atoms with Gasteiger partial charge in [-0.1, -0.05) is 6.92 Å². The van der Waals surface area contributed by atoms with Gasteiger partial charge in [0.25, 0.3) is 0 Å². The summed E-state index contributed by atoms with van der Waals surface area (Å²) in [5.41, 5.74) is 0. The van der Waals surface area contributed by atoms with Gasteiger partial charge in [-0.15, -0.1) is 0 Å². The molecule has 2 N–H and O–H groups in total. The highest BCUT2D eigenvalue weighted by Crippen LogP contribution is 2.17. The Labute approximate surface area is 115 Å². The van der Waals surface area contributed by atoms with Crippen LogP contribution in [0.2, 0.25) is 0 Å². The molecule has 110 valence electrons. The summed E-state index contributed by atoms with van der Waals surface area (Å²) in [4.78, 5) is 12.1. The van der Waals surface area contributed by atoms with E-state index in [1.165, 1.54) is 10.6 Å². The maximum atomic E-state index is 12.1. The van der Waals surface area contributed by atoms with Crippen molar-refractivity contribution in [3.63, 3.8) is 0 Å². The van der Waals surface area contributed by atoms with E-state index in [2.05, 4.69) is 17.6 Å². The van der Waals surface area contributed by atoms with Crippen molar-refractivity contribution in [2.45, 2.75) is 38.3 Å². The van der Waals surface area contributed by atoms with E-state index in [0.717, 1.165) is 13.0 Å². The third kappa shape index (κ3) is 3.67. The van der Waals surface area contributed by atoms with Gasteiger partial charge in [0.15, 0.2) is 0 Å². The molecule has 2 unspecified atom stereocenters. The lowest BCUT2D eigenvalue weighted by molar-refractivity contribution is -0.124. The maximum absolute atomic E-state index is 12.1. The second-order valence-electron chi connectivity index (χ2n) is 5.64. The van der Waals surface area contributed by atoms with Gasteiger partial charge in [0.1, 0.15) is 0 Å². The monoisotopic (exact) mass is 289 g/mol. The zero-order chi connectivity index (χ0) is 14.0. The van der Waals surface area contributed by atoms with Crippen LogP contribution in [0.15, 0.2) is 0 Å². The van der Waals surface area contributed by atoms with Gasteiger partial charge in [-0.05, 0) is 31.7 Å². The average molecular weight is 289 g/mol. The Hall–Kier alpha value is -0.660. The molecule has 0 aliphatic carbocycles. The van der Waals surface area contributed by atoms with E-state index in [1.807, 2.05) is 0 Å². The molecule has 2 saturated heterocycles. The highest BCUT2D eigenvalue weighted by Gasteiger charge is 2.32. The second-order valence-corrected chi connectivity index (χ2v) is 7.63. The Morgan fingerprint density at radius 3 is 2.37 bits per heavy atom. The van der Waals surface area contributed by atoms with Crippen LogP contribution in [-0.4, -0.2) is 56.6 Å². The molecular formula is C12H23N3O3S. The van der Waals surface area contributed by atoms with Gasteiger partial charge in [0, 0.05) is 19.1 Å². The predicted octanol–water partition coefficient (Wildman–Crippen LogP) is -0.475. The molecule has 2 aliphatic rings. The molecule has 1 amide bonds. The molecule has 2 rings (SSSR count). The van der Waals surface area contributed by atoms with Crippen molar-refractivity contribution in [1.82, 2.24) is 14.9 Å². The molecule has 19 heavy (non-hydrogen) atoms. The molecular weight excluding hydrogens is 266 g/mol. The summed E-state index contributed by atoms with van der Waals surface area (Å²) < 4.78 is 24.3. The quantitative estimate of drug-likeness (QED) is 0.736. The van der Waals surface area contributed by atoms with Crippen LogP contribution in [0.3, 0.4) is 0 Å². The standard InChI is InChI=1S/C12H23N3O3S/c1-9-3-6-13-11(9)12(16)14-10-4-7-15(8-5-10)19(2,17)18/h9-11,13H,3-8H2,1-2H3,(H,14,16). The molecule has 2 aliphatic heterocycles. The molecule has 6 nitrogen and oxygen atoms in total. The minimum atomic E-state index is -3.09. The van der Waals surface area contributed by atoms with E-state index >= 15 is 0 Å². The molecule has 0 saturated carbocycles. The average Bonchev–Trinajstić information content (AvgIpc) is 2.75. The number of nitrogens with zero attached hydrogens (tertiary/aromatic N) is 1. The van der Waals surface area contributed by atoms with Crippen molar-refractivity contribution < 1.29 is 13.2 Å². The van der Waals surface area contributed by atoms with E-state index in [9.17, 15) is 13.2 Å². The number of carbonyl (C=O) groups excluding carboxylic acids is 1. The zero-order valence-electron chi connectivity index (χ0n) is 11.6. The highest BCUT2D eigenvalue weighted by atomic mass is 32.2. The lowest BCUT2D eigenvalue weighted by Crippen LogP contribution is -2.51. The fraction of sp³-hybridized carbons (Fsp3) is 0.917. The van der Waals surface area contributed by atoms with Crippen LogP contribution in [0.1, 0.15) is 26.2 Å². The third-order valence-corrected chi connectivity index (χ3v) is 5.39. The Kier molecular flexibility index (Phi) is 4.47. The SMILES string of the molecule is CC1CCNC1C(=O)NC1CCN(S(C)(=O)=O)CC1. The Balaban J connectivity index is 1.81. The first-order valence-electron chi connectivity index (χ1n) is 6.87. The van der Waals surface area contributed by atoms with Crippen molar-refractivity contribution in [2.75, 3.05) is 25.9 Å². The summed E-state index contributed by atoms with van der Waals surface area (Å²) in [5.74, 6) is 0.430. The van der Waals surface area contributed by atoms with E-state index in [0.29, 0.717) is 31.8 Å². The number of rotatable bonds is 3. The number of sulfonamides is 1. The lowest BCUT2D eigenvalue weighted by Gasteiger charge is -2.31. The van der Waals surface area contributed by atoms with Gasteiger partial charge in [0.2, 0.25) is 15.9 Å². The van der Waals surface area contributed by atoms with Crippen molar-refractivity contribution >= 4 is 15.9 Å². The summed E-state index contributed by atoms with van der Waals surface area (Å²) in [7, 11) is -3.09. The van der Waals surface area contributed by atoms with Gasteiger partial charge in [-0.2, -0.15) is 0 Å². The minimum Gasteiger partial charge on any atom is -0.352 e. The van der Waals surface area contributed by atoms with Crippen molar-refractivity contribution in [3.05, 3.63) is 0 Å². The summed E-state index contributed by atoms with van der Waals surface area (Å²) in [6, 6.07) is 0.00744. The molecule has 0 spiro atoms. The van der Waals surface area contributed by atoms with Crippen LogP contribution in [0.25, 0.3) is 0 Å². The fourth-order valence-corrected chi connectivity index (χ4v) is 3.68. The van der Waals surface area contributed by atoms with Crippen LogP contribution in [0.5, 0.6) is 0 Å². The summed E-state index contributed by atoms with van der Waals surface area (Å²) >= 11 is 0. The van der Waals surface area contributed by atoms with E-state index in [4.69, 9.17) is 0 Å². The minimum absolute atomic E-state index is 0.0582. The summed E-state index contributed by atoms with van der Waals surface area (Å²) in [6.07, 6.45) is 3.65. The van der Waals surface area contributed by atoms with Gasteiger partial charge >= 0.3 is 0 Å². The first kappa shape index (κ1) is 14.7. The zero-order valence-corrected chi connectivity index (χ0v) is 12.4. The van der Waals surface area contributed by atoms with Crippen molar-refractivity contribution in [3.8, 4) is 0 Å². The predicted molar refractivity (Wildman–Crippen MR) is 73.2 cm³/mol. The van der Waals surface area contributed by atoms with Crippen LogP contribution < -0.4 is 10.6 Å². The van der Waals surface area contributed by atoms with Gasteiger partial charge in [-0.3, -0.25) is 4.79 Å². The molecule has 0 aromatic carbocycles. The molecule has 0 aromatic rings. The smallest absolute Gasteiger partial charge is 0.237 e. The number of piperidine rings is 1. The lowest BCUT2D eigenvalue weighted by atomic mass is 10.0. The largest absolute Gasteiger partial charge is 0.352 e. The summed E-state index contributed by atoms with van der Waals surface area (Å²) in [5, 5.41) is 6.25. The third-order valence-electron chi connectivity index (χ3n) is 4.08. The Bertz CT molecular complexity index is 430. The molecule has 7 heteroatoms. The first-order chi connectivity index (χ1) is 8.88. The van der Waals surface area contributed by atoms with E-state index in [-0.39, 0.29) is 18.0 Å². The molecule has 2 fully saturated rings. The molecule has 2 heterocycles. The van der Waals surface area contributed by atoms with Crippen molar-refractivity contribution in [1.29, 1.82) is 0 Å². The van der Waals surface area contributed by atoms with Crippen LogP contribution in [0.4, 0.5) is 0 Å². The topological polar surface area (TPSA) is 78.5 Å². The fourth-order valence-electron chi connectivity index (χ4n) is 2.81. The number of amides is 1. The van der Waals surface area contributed by atoms with Crippen LogP contribution >= 0.6 is 0 Å². The van der Waals surface area contributed by atoms with Gasteiger partial charge in [-0.25, -0.2) is 12.7 Å². The molecule has 0 aromatic heterocycles. The number of hydrogen-bond acceptors (Lipinski definition) is 4. The Morgan fingerprint density at radius 2 is 1.89 bits per heavy atom. The van der Waals surface area contributed by atoms with E-state index in [1.54, 1.807) is 0 Å². The summed E-state index contributed by atoms with van der Waals surface area (Å²) in [6.45, 7) is 3.97. The number of nitrogens with one attached hydrogen (secondary N) is 2. The molecule has 2 atom stereocenters. The van der Waals surface area contributed by atoms with E-state index < -0.39 is 10.0 Å². The number of carbonyl (C=O) groups is 1. The van der Waals surface area contributed by atoms with Crippen LogP contribution in [-0.2, 0) is 14.8 Å². The Morgan fingerprint density at radius 1 is 1.26 bits per heavy atom. The van der Waals surface area contributed by atoms with Crippen LogP contribution in [0, 0.1) is 5.92 Å². The van der Waals surface area contributed by atoms with Gasteiger partial charge in [0.05, 0.1) is 12.3 Å². The second kappa shape index (κ2) is 5.76. The molecule has 0 bridgehead atoms. The molecule has 0 radical (unpaired) electrons. The van der Waals surface area contributed by atoms with Gasteiger partial charge < -0.3 is 10.6 Å².